The summed E-state index contributed by atoms with van der Waals surface area (Å²) in [5.74, 6) is 0.102. The molecule has 4 aromatic rings. The lowest BCUT2D eigenvalue weighted by molar-refractivity contribution is 0.628. The van der Waals surface area contributed by atoms with Crippen LogP contribution < -0.4 is 5.43 Å². The van der Waals surface area contributed by atoms with Gasteiger partial charge in [0.05, 0.1) is 11.4 Å². The van der Waals surface area contributed by atoms with Crippen molar-refractivity contribution in [2.45, 2.75) is 6.42 Å². The first-order chi connectivity index (χ1) is 14.3. The van der Waals surface area contributed by atoms with E-state index in [0.29, 0.717) is 18.1 Å². The Morgan fingerprint density at radius 1 is 0.759 bits per heavy atom. The van der Waals surface area contributed by atoms with E-state index in [-0.39, 0.29) is 5.82 Å². The van der Waals surface area contributed by atoms with Crippen molar-refractivity contribution >= 4 is 12.2 Å². The summed E-state index contributed by atoms with van der Waals surface area (Å²) in [5.41, 5.74) is 7.32. The first-order valence-corrected chi connectivity index (χ1v) is 9.30. The van der Waals surface area contributed by atoms with Crippen LogP contribution in [0.1, 0.15) is 5.56 Å². The number of halogens is 1. The van der Waals surface area contributed by atoms with Crippen LogP contribution in [0.5, 0.6) is 0 Å². The van der Waals surface area contributed by atoms with E-state index in [2.05, 4.69) is 20.5 Å². The van der Waals surface area contributed by atoms with Crippen LogP contribution in [-0.2, 0) is 6.42 Å². The number of benzene rings is 3. The molecule has 1 heterocycles. The summed E-state index contributed by atoms with van der Waals surface area (Å²) in [6.45, 7) is 0. The van der Waals surface area contributed by atoms with E-state index in [0.717, 1.165) is 16.8 Å². The number of hydrogen-bond donors (Lipinski definition) is 1. The van der Waals surface area contributed by atoms with Gasteiger partial charge >= 0.3 is 0 Å². The van der Waals surface area contributed by atoms with Crippen molar-refractivity contribution in [1.29, 1.82) is 0 Å². The van der Waals surface area contributed by atoms with Gasteiger partial charge in [0.2, 0.25) is 5.95 Å². The SMILES string of the molecule is Fc1ccc(-c2cc(-c3ccccc3)nc(N/N=C/Cc3ccccc3)n2)cc1. The fraction of sp³-hybridized carbons (Fsp3) is 0.0417. The van der Waals surface area contributed by atoms with Gasteiger partial charge in [-0.3, -0.25) is 0 Å². The van der Waals surface area contributed by atoms with Gasteiger partial charge in [-0.05, 0) is 35.9 Å². The molecule has 29 heavy (non-hydrogen) atoms. The molecule has 1 aromatic heterocycles. The Morgan fingerprint density at radius 3 is 2.00 bits per heavy atom. The second-order valence-corrected chi connectivity index (χ2v) is 6.45. The minimum Gasteiger partial charge on any atom is -0.245 e. The fourth-order valence-electron chi connectivity index (χ4n) is 2.89. The highest BCUT2D eigenvalue weighted by Crippen LogP contribution is 2.25. The third-order valence-corrected chi connectivity index (χ3v) is 4.36. The summed E-state index contributed by atoms with van der Waals surface area (Å²) in [6, 6.07) is 28.1. The van der Waals surface area contributed by atoms with Gasteiger partial charge in [-0.2, -0.15) is 5.10 Å². The standard InChI is InChI=1S/C24H19FN4/c25-21-13-11-20(12-14-21)23-17-22(19-9-5-2-6-10-19)27-24(28-23)29-26-16-15-18-7-3-1-4-8-18/h1-14,16-17H,15H2,(H,27,28,29)/b26-16+. The molecule has 0 bridgehead atoms. The molecule has 0 unspecified atom stereocenters. The monoisotopic (exact) mass is 382 g/mol. The third-order valence-electron chi connectivity index (χ3n) is 4.36. The number of hydrogen-bond acceptors (Lipinski definition) is 4. The molecular weight excluding hydrogens is 363 g/mol. The molecule has 0 aliphatic carbocycles. The van der Waals surface area contributed by atoms with E-state index < -0.39 is 0 Å². The predicted octanol–water partition coefficient (Wildman–Crippen LogP) is 5.59. The minimum atomic E-state index is -0.282. The van der Waals surface area contributed by atoms with Gasteiger partial charge in [0.1, 0.15) is 5.82 Å². The first-order valence-electron chi connectivity index (χ1n) is 9.30. The molecule has 0 atom stereocenters. The van der Waals surface area contributed by atoms with Crippen molar-refractivity contribution < 1.29 is 4.39 Å². The highest BCUT2D eigenvalue weighted by Gasteiger charge is 2.08. The number of nitrogens with zero attached hydrogens (tertiary/aromatic N) is 3. The molecule has 0 amide bonds. The Bertz CT molecular complexity index is 1090. The van der Waals surface area contributed by atoms with Crippen LogP contribution in [-0.4, -0.2) is 16.2 Å². The largest absolute Gasteiger partial charge is 0.245 e. The summed E-state index contributed by atoms with van der Waals surface area (Å²) < 4.78 is 13.3. The lowest BCUT2D eigenvalue weighted by Gasteiger charge is -2.08. The van der Waals surface area contributed by atoms with Gasteiger partial charge in [0.15, 0.2) is 0 Å². The second-order valence-electron chi connectivity index (χ2n) is 6.45. The molecule has 0 aliphatic heterocycles. The van der Waals surface area contributed by atoms with E-state index in [4.69, 9.17) is 0 Å². The van der Waals surface area contributed by atoms with Crippen LogP contribution in [0.25, 0.3) is 22.5 Å². The summed E-state index contributed by atoms with van der Waals surface area (Å²) in [7, 11) is 0. The minimum absolute atomic E-state index is 0.282. The molecule has 4 rings (SSSR count). The number of hydrazone groups is 1. The molecule has 0 aliphatic rings. The van der Waals surface area contributed by atoms with Crippen LogP contribution in [0, 0.1) is 5.82 Å². The van der Waals surface area contributed by atoms with E-state index in [1.165, 1.54) is 17.7 Å². The highest BCUT2D eigenvalue weighted by molar-refractivity contribution is 5.70. The maximum absolute atomic E-state index is 13.3. The molecule has 3 aromatic carbocycles. The molecule has 0 fully saturated rings. The molecular formula is C24H19FN4. The van der Waals surface area contributed by atoms with Gasteiger partial charge in [-0.1, -0.05) is 60.7 Å². The van der Waals surface area contributed by atoms with E-state index in [1.807, 2.05) is 66.7 Å². The zero-order valence-corrected chi connectivity index (χ0v) is 15.7. The number of nitrogens with one attached hydrogen (secondary N) is 1. The topological polar surface area (TPSA) is 50.2 Å². The Hall–Kier alpha value is -3.86. The molecule has 0 saturated carbocycles. The van der Waals surface area contributed by atoms with Crippen LogP contribution in [0.3, 0.4) is 0 Å². The zero-order valence-electron chi connectivity index (χ0n) is 15.7. The van der Waals surface area contributed by atoms with E-state index in [1.54, 1.807) is 18.3 Å². The second kappa shape index (κ2) is 8.89. The Morgan fingerprint density at radius 2 is 1.34 bits per heavy atom. The number of anilines is 1. The van der Waals surface area contributed by atoms with Gasteiger partial charge in [-0.25, -0.2) is 19.8 Å². The Kier molecular flexibility index (Phi) is 5.67. The summed E-state index contributed by atoms with van der Waals surface area (Å²) in [6.07, 6.45) is 2.49. The van der Waals surface area contributed by atoms with Gasteiger partial charge in [0, 0.05) is 23.8 Å². The molecule has 0 radical (unpaired) electrons. The number of aromatic nitrogens is 2. The third kappa shape index (κ3) is 4.90. The average molecular weight is 382 g/mol. The van der Waals surface area contributed by atoms with Crippen molar-refractivity contribution in [1.82, 2.24) is 9.97 Å². The lowest BCUT2D eigenvalue weighted by Crippen LogP contribution is -2.00. The molecule has 5 heteroatoms. The van der Waals surface area contributed by atoms with Crippen LogP contribution in [0.15, 0.2) is 96.1 Å². The smallest absolute Gasteiger partial charge is 0.244 e. The number of rotatable bonds is 6. The quantitative estimate of drug-likeness (QED) is 0.349. The Labute approximate surface area is 168 Å². The van der Waals surface area contributed by atoms with Crippen molar-refractivity contribution in [2.24, 2.45) is 5.10 Å². The summed E-state index contributed by atoms with van der Waals surface area (Å²) in [4.78, 5) is 9.13. The van der Waals surface area contributed by atoms with Crippen molar-refractivity contribution in [3.8, 4) is 22.5 Å². The van der Waals surface area contributed by atoms with Crippen LogP contribution >= 0.6 is 0 Å². The molecule has 0 spiro atoms. The normalized spacial score (nSPS) is 10.9. The molecule has 0 saturated heterocycles. The van der Waals surface area contributed by atoms with Crippen LogP contribution in [0.4, 0.5) is 10.3 Å². The summed E-state index contributed by atoms with van der Waals surface area (Å²) in [5, 5.41) is 4.26. The van der Waals surface area contributed by atoms with E-state index >= 15 is 0 Å². The van der Waals surface area contributed by atoms with Crippen molar-refractivity contribution in [3.63, 3.8) is 0 Å². The molecule has 1 N–H and O–H groups in total. The lowest BCUT2D eigenvalue weighted by atomic mass is 10.1. The maximum Gasteiger partial charge on any atom is 0.244 e. The van der Waals surface area contributed by atoms with Crippen molar-refractivity contribution in [3.05, 3.63) is 102 Å². The van der Waals surface area contributed by atoms with E-state index in [9.17, 15) is 4.39 Å². The van der Waals surface area contributed by atoms with Gasteiger partial charge < -0.3 is 0 Å². The fourth-order valence-corrected chi connectivity index (χ4v) is 2.89. The highest BCUT2D eigenvalue weighted by atomic mass is 19.1. The zero-order chi connectivity index (χ0) is 19.9. The maximum atomic E-state index is 13.3. The Balaban J connectivity index is 1.61. The molecule has 142 valence electrons. The predicted molar refractivity (Wildman–Crippen MR) is 115 cm³/mol. The first kappa shape index (κ1) is 18.5. The van der Waals surface area contributed by atoms with Crippen molar-refractivity contribution in [2.75, 3.05) is 5.43 Å². The van der Waals surface area contributed by atoms with Crippen LogP contribution in [0.2, 0.25) is 0 Å². The summed E-state index contributed by atoms with van der Waals surface area (Å²) >= 11 is 0. The molecule has 4 nitrogen and oxygen atoms in total. The van der Waals surface area contributed by atoms with Gasteiger partial charge in [0.25, 0.3) is 0 Å². The van der Waals surface area contributed by atoms with Gasteiger partial charge in [-0.15, -0.1) is 0 Å². The average Bonchev–Trinajstić information content (AvgIpc) is 2.78.